The van der Waals surface area contributed by atoms with Crippen molar-refractivity contribution in [1.29, 1.82) is 0 Å². The molecule has 2 nitrogen and oxygen atoms in total. The Morgan fingerprint density at radius 2 is 0.492 bits per heavy atom. The fourth-order valence-electron chi connectivity index (χ4n) is 22.5. The van der Waals surface area contributed by atoms with Crippen LogP contribution < -0.4 is 9.80 Å². The van der Waals surface area contributed by atoms with Crippen LogP contribution in [0.4, 0.5) is 34.1 Å². The molecule has 0 unspecified atom stereocenters. The van der Waals surface area contributed by atoms with E-state index in [0.29, 0.717) is 0 Å². The second kappa shape index (κ2) is 29.6. The van der Waals surface area contributed by atoms with Crippen molar-refractivity contribution >= 4 is 34.1 Å². The number of hydrogen-bond acceptors (Lipinski definition) is 2. The van der Waals surface area contributed by atoms with E-state index in [2.05, 4.69) is 470 Å². The fraction of sp³-hybridized carbons (Fsp3) is 0.333. The summed E-state index contributed by atoms with van der Waals surface area (Å²) in [6.45, 7) is 64.3. The molecule has 14 aromatic carbocycles. The third kappa shape index (κ3) is 14.3. The van der Waals surface area contributed by atoms with Crippen LogP contribution >= 0.6 is 0 Å². The molecule has 2 heteroatoms. The minimum absolute atomic E-state index is 0.00948. The Kier molecular flexibility index (Phi) is 19.9. The van der Waals surface area contributed by atoms with Crippen molar-refractivity contribution in [3.8, 4) is 100 Å². The lowest BCUT2D eigenvalue weighted by atomic mass is 9.76. The van der Waals surface area contributed by atoms with Gasteiger partial charge in [0.1, 0.15) is 0 Å². The van der Waals surface area contributed by atoms with Crippen LogP contribution in [0.25, 0.3) is 100 Å². The number of para-hydroxylation sites is 1. The molecule has 0 atom stereocenters. The summed E-state index contributed by atoms with van der Waals surface area (Å²) < 4.78 is 0. The van der Waals surface area contributed by atoms with Crippen LogP contribution in [0.1, 0.15) is 296 Å². The predicted molar refractivity (Wildman–Crippen MR) is 551 cm³/mol. The molecule has 0 bridgehead atoms. The van der Waals surface area contributed by atoms with Crippen molar-refractivity contribution < 1.29 is 0 Å². The number of benzene rings is 14. The van der Waals surface area contributed by atoms with Gasteiger partial charge in [-0.3, -0.25) is 0 Å². The first-order valence-electron chi connectivity index (χ1n) is 47.6. The number of anilines is 6. The molecule has 1 fully saturated rings. The van der Waals surface area contributed by atoms with E-state index in [0.717, 1.165) is 35.6 Å². The van der Waals surface area contributed by atoms with E-state index in [9.17, 15) is 0 Å². The highest BCUT2D eigenvalue weighted by Crippen LogP contribution is 2.62. The summed E-state index contributed by atoms with van der Waals surface area (Å²) in [6, 6.07) is 109. The van der Waals surface area contributed by atoms with Crippen molar-refractivity contribution in [2.24, 2.45) is 0 Å². The molecule has 0 radical (unpaired) electrons. The molecule has 0 aromatic heterocycles. The molecule has 0 aliphatic heterocycles. The molecule has 0 amide bonds. The van der Waals surface area contributed by atoms with E-state index in [1.54, 1.807) is 0 Å². The molecule has 1 saturated carbocycles. The van der Waals surface area contributed by atoms with Crippen molar-refractivity contribution in [3.63, 3.8) is 0 Å². The number of nitrogens with zero attached hydrogens (tertiary/aromatic N) is 2. The van der Waals surface area contributed by atoms with Crippen LogP contribution in [0, 0.1) is 0 Å². The minimum Gasteiger partial charge on any atom is -0.310 e. The molecule has 0 saturated heterocycles. The van der Waals surface area contributed by atoms with Crippen LogP contribution in [0.2, 0.25) is 0 Å². The normalized spacial score (nSPS) is 15.6. The van der Waals surface area contributed by atoms with Gasteiger partial charge in [-0.1, -0.05) is 394 Å². The molecule has 5 aliphatic rings. The SMILES string of the molecule is CC(C)(C)c1cc(-c2ccccc2-c2ccccc2N(c2ccc3c(c2)C(C)(C)c2ccccc2-3)c2ccc3c(c2)C2(CCCC2)c2ccc(-c4ccc5c(c4)-c4ccc(N(c6ccc7c(c6)C(C)(C)c6cc(C(C)(C)C)ccc6-7)c6cc(C(C)(C)C)ccc6-c6cc(C(C)(C)C)ccc6-c6cc(C(C)(C)C)cc(C(C)(C)C)c6)cc4C5(C)C)cc2-3)cc(C(C)(C)C)c1. The second-order valence-corrected chi connectivity index (χ2v) is 47.5. The van der Waals surface area contributed by atoms with Crippen molar-refractivity contribution in [2.75, 3.05) is 9.80 Å². The van der Waals surface area contributed by atoms with Gasteiger partial charge in [0.25, 0.3) is 0 Å². The topological polar surface area (TPSA) is 6.48 Å². The molecular formula is C126H134N2. The van der Waals surface area contributed by atoms with Crippen LogP contribution in [-0.2, 0) is 59.6 Å². The number of hydrogen-bond donors (Lipinski definition) is 0. The Morgan fingerprint density at radius 1 is 0.188 bits per heavy atom. The Labute approximate surface area is 767 Å². The highest BCUT2D eigenvalue weighted by Gasteiger charge is 2.47. The number of fused-ring (bicyclic) bond motifs is 14. The lowest BCUT2D eigenvalue weighted by Crippen LogP contribution is -2.21. The van der Waals surface area contributed by atoms with Gasteiger partial charge in [-0.2, -0.15) is 0 Å². The molecule has 5 aliphatic carbocycles. The summed E-state index contributed by atoms with van der Waals surface area (Å²) in [6.07, 6.45) is 4.64. The zero-order valence-electron chi connectivity index (χ0n) is 81.7. The van der Waals surface area contributed by atoms with E-state index in [4.69, 9.17) is 0 Å². The van der Waals surface area contributed by atoms with Gasteiger partial charge >= 0.3 is 0 Å². The lowest BCUT2D eigenvalue weighted by molar-refractivity contribution is 0.550. The zero-order valence-corrected chi connectivity index (χ0v) is 81.7. The summed E-state index contributed by atoms with van der Waals surface area (Å²) in [5, 5.41) is 0. The molecular weight excluding hydrogens is 1540 g/mol. The van der Waals surface area contributed by atoms with Gasteiger partial charge < -0.3 is 9.80 Å². The van der Waals surface area contributed by atoms with Gasteiger partial charge in [-0.15, -0.1) is 0 Å². The molecule has 0 heterocycles. The average molecular weight is 1680 g/mol. The summed E-state index contributed by atoms with van der Waals surface area (Å²) >= 11 is 0. The van der Waals surface area contributed by atoms with Crippen LogP contribution in [0.15, 0.2) is 273 Å². The smallest absolute Gasteiger partial charge is 0.0543 e. The quantitative estimate of drug-likeness (QED) is 0.127. The van der Waals surface area contributed by atoms with Gasteiger partial charge in [0.05, 0.1) is 11.4 Å². The summed E-state index contributed by atoms with van der Waals surface area (Å²) in [5.41, 5.74) is 49.1. The summed E-state index contributed by atoms with van der Waals surface area (Å²) in [7, 11) is 0. The van der Waals surface area contributed by atoms with Gasteiger partial charge in [0.2, 0.25) is 0 Å². The van der Waals surface area contributed by atoms with Crippen LogP contribution in [0.3, 0.4) is 0 Å². The standard InChI is InChI=1S/C126H134N2/c1-116(2,3)81-44-51-93(80-64-86(121(16,17)18)69-87(65-80)122(19,20)21)103(70-81)102-53-46-83(118(7,8)9)72-115(102)128(89-48-55-98-96-52-45-82(117(4,5)6)71-109(96)125(26,27)111(98)74-89)90-49-56-99-104-66-77(42-58-107(104)124(24,25)112(99)75-90)78-43-59-108-105(67-78)100-57-50-91(76-113(100)126(108)60-34-35-61-126)127(88-47-54-97-95-38-30-32-40-106(95)123(22,23)110(97)73-88)114-41-33-31-39-101(114)94-37-29-28-36-92(94)79-62-84(119(10,11)12)68-85(63-79)120(13,14)15/h28-33,36-59,62-76H,34-35,60-61H2,1-27H3. The lowest BCUT2D eigenvalue weighted by Gasteiger charge is -2.33. The maximum atomic E-state index is 2.66. The van der Waals surface area contributed by atoms with E-state index < -0.39 is 0 Å². The fourth-order valence-corrected chi connectivity index (χ4v) is 22.5. The van der Waals surface area contributed by atoms with Gasteiger partial charge in [0, 0.05) is 55.5 Å². The van der Waals surface area contributed by atoms with E-state index >= 15 is 0 Å². The van der Waals surface area contributed by atoms with Crippen molar-refractivity contribution in [2.45, 2.75) is 272 Å². The maximum absolute atomic E-state index is 2.66. The largest absolute Gasteiger partial charge is 0.310 e. The highest BCUT2D eigenvalue weighted by atomic mass is 15.2. The average Bonchev–Trinajstić information content (AvgIpc) is 1.54. The van der Waals surface area contributed by atoms with Gasteiger partial charge in [-0.25, -0.2) is 0 Å². The molecule has 0 N–H and O–H groups in total. The molecule has 128 heavy (non-hydrogen) atoms. The van der Waals surface area contributed by atoms with Gasteiger partial charge in [0.15, 0.2) is 0 Å². The second-order valence-electron chi connectivity index (χ2n) is 47.5. The van der Waals surface area contributed by atoms with Crippen LogP contribution in [0.5, 0.6) is 0 Å². The summed E-state index contributed by atoms with van der Waals surface area (Å²) in [4.78, 5) is 5.28. The highest BCUT2D eigenvalue weighted by molar-refractivity contribution is 6.00. The minimum atomic E-state index is -0.333. The first-order valence-corrected chi connectivity index (χ1v) is 47.6. The molecule has 1 spiro atoms. The first-order chi connectivity index (χ1) is 60.1. The Hall–Kier alpha value is -11.3. The van der Waals surface area contributed by atoms with Crippen LogP contribution in [-0.4, -0.2) is 0 Å². The van der Waals surface area contributed by atoms with E-state index in [-0.39, 0.29) is 59.6 Å². The monoisotopic (exact) mass is 1680 g/mol. The van der Waals surface area contributed by atoms with E-state index in [1.165, 1.54) is 208 Å². The Morgan fingerprint density at radius 3 is 0.961 bits per heavy atom. The number of rotatable bonds is 11. The van der Waals surface area contributed by atoms with E-state index in [1.807, 2.05) is 0 Å². The molecule has 648 valence electrons. The molecule has 14 aromatic rings. The third-order valence-electron chi connectivity index (χ3n) is 30.5. The van der Waals surface area contributed by atoms with Gasteiger partial charge in [-0.05, 0) is 302 Å². The van der Waals surface area contributed by atoms with Crippen molar-refractivity contribution in [3.05, 3.63) is 356 Å². The Bertz CT molecular complexity index is 6810. The third-order valence-corrected chi connectivity index (χ3v) is 30.5. The zero-order chi connectivity index (χ0) is 90.8. The van der Waals surface area contributed by atoms with Crippen molar-refractivity contribution in [1.82, 2.24) is 0 Å². The molecule has 19 rings (SSSR count). The predicted octanol–water partition coefficient (Wildman–Crippen LogP) is 35.8. The summed E-state index contributed by atoms with van der Waals surface area (Å²) in [5.74, 6) is 0. The first kappa shape index (κ1) is 86.1. The maximum Gasteiger partial charge on any atom is 0.0543 e. The Balaban J connectivity index is 0.753.